The third-order valence-corrected chi connectivity index (χ3v) is 7.54. The number of nitrogens with zero attached hydrogens (tertiary/aromatic N) is 5. The van der Waals surface area contributed by atoms with Crippen LogP contribution in [0.1, 0.15) is 34.5 Å². The van der Waals surface area contributed by atoms with Gasteiger partial charge in [0.15, 0.2) is 0 Å². The van der Waals surface area contributed by atoms with Gasteiger partial charge in [-0.2, -0.15) is 5.10 Å². The maximum atomic E-state index is 13.5. The SMILES string of the molecule is Cc1ccc(N2CCN(C)CC2)cc1C(=O)N[C@H](C)c1cc(-c2cnn(C)c2)cc(N2CCOCC2)c1. The molecule has 3 aromatic rings. The van der Waals surface area contributed by atoms with E-state index < -0.39 is 0 Å². The molecular formula is C29H38N6O2. The third-order valence-electron chi connectivity index (χ3n) is 7.54. The molecule has 3 heterocycles. The Morgan fingerprint density at radius 1 is 0.919 bits per heavy atom. The molecular weight excluding hydrogens is 464 g/mol. The first-order chi connectivity index (χ1) is 17.9. The molecule has 8 heteroatoms. The number of ether oxygens (including phenoxy) is 1. The summed E-state index contributed by atoms with van der Waals surface area (Å²) in [6.45, 7) is 11.2. The molecule has 0 aliphatic carbocycles. The molecule has 2 fully saturated rings. The highest BCUT2D eigenvalue weighted by Crippen LogP contribution is 2.30. The van der Waals surface area contributed by atoms with Crippen molar-refractivity contribution < 1.29 is 9.53 Å². The van der Waals surface area contributed by atoms with Gasteiger partial charge in [0.25, 0.3) is 5.91 Å². The summed E-state index contributed by atoms with van der Waals surface area (Å²) in [5, 5.41) is 7.64. The number of carbonyl (C=O) groups is 1. The average molecular weight is 503 g/mol. The number of nitrogens with one attached hydrogen (secondary N) is 1. The van der Waals surface area contributed by atoms with E-state index in [1.165, 1.54) is 0 Å². The van der Waals surface area contributed by atoms with E-state index in [2.05, 4.69) is 69.4 Å². The smallest absolute Gasteiger partial charge is 0.252 e. The number of aryl methyl sites for hydroxylation is 2. The lowest BCUT2D eigenvalue weighted by atomic mass is 9.99. The number of amides is 1. The number of anilines is 2. The van der Waals surface area contributed by atoms with Crippen molar-refractivity contribution in [2.75, 3.05) is 69.3 Å². The molecule has 37 heavy (non-hydrogen) atoms. The van der Waals surface area contributed by atoms with E-state index in [-0.39, 0.29) is 11.9 Å². The van der Waals surface area contributed by atoms with Crippen molar-refractivity contribution in [3.63, 3.8) is 0 Å². The van der Waals surface area contributed by atoms with Crippen LogP contribution in [0, 0.1) is 6.92 Å². The number of rotatable bonds is 6. The molecule has 1 aromatic heterocycles. The molecule has 1 amide bonds. The van der Waals surface area contributed by atoms with E-state index in [1.54, 1.807) is 0 Å². The summed E-state index contributed by atoms with van der Waals surface area (Å²) in [5.74, 6) is -0.0410. The van der Waals surface area contributed by atoms with Gasteiger partial charge in [0.05, 0.1) is 25.5 Å². The van der Waals surface area contributed by atoms with Crippen LogP contribution in [-0.2, 0) is 11.8 Å². The van der Waals surface area contributed by atoms with Crippen molar-refractivity contribution in [1.29, 1.82) is 0 Å². The van der Waals surface area contributed by atoms with E-state index in [1.807, 2.05) is 37.1 Å². The topological polar surface area (TPSA) is 65.9 Å². The monoisotopic (exact) mass is 502 g/mol. The van der Waals surface area contributed by atoms with Crippen LogP contribution in [-0.4, -0.2) is 80.1 Å². The number of aromatic nitrogens is 2. The maximum Gasteiger partial charge on any atom is 0.252 e. The summed E-state index contributed by atoms with van der Waals surface area (Å²) in [4.78, 5) is 20.6. The second-order valence-electron chi connectivity index (χ2n) is 10.3. The van der Waals surface area contributed by atoms with Gasteiger partial charge in [0.1, 0.15) is 0 Å². The van der Waals surface area contributed by atoms with Gasteiger partial charge in [0.2, 0.25) is 0 Å². The summed E-state index contributed by atoms with van der Waals surface area (Å²) >= 11 is 0. The predicted molar refractivity (Wildman–Crippen MR) is 148 cm³/mol. The number of morpholine rings is 1. The van der Waals surface area contributed by atoms with Crippen molar-refractivity contribution in [3.05, 3.63) is 65.5 Å². The zero-order valence-electron chi connectivity index (χ0n) is 22.4. The minimum atomic E-state index is -0.157. The van der Waals surface area contributed by atoms with Crippen LogP contribution in [0.5, 0.6) is 0 Å². The minimum absolute atomic E-state index is 0.0410. The van der Waals surface area contributed by atoms with Crippen molar-refractivity contribution >= 4 is 17.3 Å². The molecule has 0 saturated carbocycles. The minimum Gasteiger partial charge on any atom is -0.378 e. The van der Waals surface area contributed by atoms with Gasteiger partial charge in [-0.3, -0.25) is 9.48 Å². The van der Waals surface area contributed by atoms with Crippen LogP contribution in [0.25, 0.3) is 11.1 Å². The molecule has 0 unspecified atom stereocenters. The van der Waals surface area contributed by atoms with Crippen LogP contribution >= 0.6 is 0 Å². The average Bonchev–Trinajstić information content (AvgIpc) is 3.36. The standard InChI is InChI=1S/C29H38N6O2/c1-21-5-6-26(34-9-7-32(3)8-10-34)18-28(21)29(36)31-22(2)23-15-24(25-19-30-33(4)20-25)17-27(16-23)35-11-13-37-14-12-35/h5-6,15-20,22H,7-14H2,1-4H3,(H,31,36)/t22-/m1/s1. The Morgan fingerprint density at radius 3 is 2.35 bits per heavy atom. The Morgan fingerprint density at radius 2 is 1.65 bits per heavy atom. The molecule has 0 radical (unpaired) electrons. The molecule has 2 aliphatic rings. The normalized spacial score (nSPS) is 17.6. The Bertz CT molecular complexity index is 1240. The van der Waals surface area contributed by atoms with E-state index in [9.17, 15) is 4.79 Å². The molecule has 2 aromatic carbocycles. The van der Waals surface area contributed by atoms with E-state index in [0.717, 1.165) is 91.7 Å². The largest absolute Gasteiger partial charge is 0.378 e. The second-order valence-corrected chi connectivity index (χ2v) is 10.3. The highest BCUT2D eigenvalue weighted by Gasteiger charge is 2.20. The summed E-state index contributed by atoms with van der Waals surface area (Å²) in [6, 6.07) is 12.7. The Kier molecular flexibility index (Phi) is 7.48. The molecule has 2 saturated heterocycles. The van der Waals surface area contributed by atoms with Crippen molar-refractivity contribution in [1.82, 2.24) is 20.0 Å². The Hall–Kier alpha value is -3.36. The van der Waals surface area contributed by atoms with E-state index in [0.29, 0.717) is 0 Å². The van der Waals surface area contributed by atoms with Gasteiger partial charge in [0, 0.05) is 75.0 Å². The van der Waals surface area contributed by atoms with Gasteiger partial charge in [-0.1, -0.05) is 6.07 Å². The molecule has 0 spiro atoms. The molecule has 0 bridgehead atoms. The van der Waals surface area contributed by atoms with Gasteiger partial charge in [-0.25, -0.2) is 0 Å². The number of hydrogen-bond donors (Lipinski definition) is 1. The molecule has 2 aliphatic heterocycles. The Balaban J connectivity index is 1.39. The van der Waals surface area contributed by atoms with Gasteiger partial charge < -0.3 is 24.8 Å². The third kappa shape index (κ3) is 5.81. The second kappa shape index (κ2) is 10.9. The number of carbonyl (C=O) groups excluding carboxylic acids is 1. The zero-order chi connectivity index (χ0) is 25.9. The maximum absolute atomic E-state index is 13.5. The molecule has 1 atom stereocenters. The fourth-order valence-corrected chi connectivity index (χ4v) is 5.10. The van der Waals surface area contributed by atoms with Crippen LogP contribution in [0.3, 0.4) is 0 Å². The fourth-order valence-electron chi connectivity index (χ4n) is 5.10. The zero-order valence-corrected chi connectivity index (χ0v) is 22.4. The fraction of sp³-hybridized carbons (Fsp3) is 0.448. The predicted octanol–water partition coefficient (Wildman–Crippen LogP) is 3.47. The summed E-state index contributed by atoms with van der Waals surface area (Å²) in [7, 11) is 4.08. The lowest BCUT2D eigenvalue weighted by Crippen LogP contribution is -2.44. The number of hydrogen-bond acceptors (Lipinski definition) is 6. The first-order valence-electron chi connectivity index (χ1n) is 13.2. The first-order valence-corrected chi connectivity index (χ1v) is 13.2. The number of benzene rings is 2. The van der Waals surface area contributed by atoms with Crippen LogP contribution in [0.4, 0.5) is 11.4 Å². The summed E-state index contributed by atoms with van der Waals surface area (Å²) < 4.78 is 7.39. The van der Waals surface area contributed by atoms with Gasteiger partial charge in [-0.05, 0) is 67.9 Å². The molecule has 8 nitrogen and oxygen atoms in total. The highest BCUT2D eigenvalue weighted by molar-refractivity contribution is 5.97. The molecule has 196 valence electrons. The lowest BCUT2D eigenvalue weighted by Gasteiger charge is -2.34. The molecule has 5 rings (SSSR count). The van der Waals surface area contributed by atoms with E-state index in [4.69, 9.17) is 4.74 Å². The molecule has 1 N–H and O–H groups in total. The number of likely N-dealkylation sites (N-methyl/N-ethyl adjacent to an activating group) is 1. The van der Waals surface area contributed by atoms with Crippen molar-refractivity contribution in [2.24, 2.45) is 7.05 Å². The lowest BCUT2D eigenvalue weighted by molar-refractivity contribution is 0.0939. The van der Waals surface area contributed by atoms with Crippen LogP contribution < -0.4 is 15.1 Å². The quantitative estimate of drug-likeness (QED) is 0.557. The Labute approximate surface area is 219 Å². The van der Waals surface area contributed by atoms with Crippen molar-refractivity contribution in [3.8, 4) is 11.1 Å². The van der Waals surface area contributed by atoms with Crippen molar-refractivity contribution in [2.45, 2.75) is 19.9 Å². The summed E-state index contributed by atoms with van der Waals surface area (Å²) in [6.07, 6.45) is 3.91. The number of piperazine rings is 1. The first kappa shape index (κ1) is 25.3. The van der Waals surface area contributed by atoms with E-state index >= 15 is 0 Å². The van der Waals surface area contributed by atoms with Gasteiger partial charge in [-0.15, -0.1) is 0 Å². The highest BCUT2D eigenvalue weighted by atomic mass is 16.5. The van der Waals surface area contributed by atoms with Crippen LogP contribution in [0.15, 0.2) is 48.8 Å². The van der Waals surface area contributed by atoms with Gasteiger partial charge >= 0.3 is 0 Å². The summed E-state index contributed by atoms with van der Waals surface area (Å²) in [5.41, 5.74) is 7.22. The van der Waals surface area contributed by atoms with Crippen LogP contribution in [0.2, 0.25) is 0 Å².